The van der Waals surface area contributed by atoms with Crippen molar-refractivity contribution in [3.05, 3.63) is 47.7 Å². The average Bonchev–Trinajstić information content (AvgIpc) is 3.06. The third-order valence-electron chi connectivity index (χ3n) is 3.00. The van der Waals surface area contributed by atoms with E-state index in [1.807, 2.05) is 24.3 Å². The van der Waals surface area contributed by atoms with Crippen LogP contribution in [0.4, 0.5) is 0 Å². The summed E-state index contributed by atoms with van der Waals surface area (Å²) in [5.74, 6) is 0.937. The summed E-state index contributed by atoms with van der Waals surface area (Å²) in [6.45, 7) is 0. The van der Waals surface area contributed by atoms with Gasteiger partial charge in [0.05, 0.1) is 10.9 Å². The lowest BCUT2D eigenvalue weighted by molar-refractivity contribution is 0.393. The van der Waals surface area contributed by atoms with Gasteiger partial charge in [-0.25, -0.2) is 4.42 Å². The number of hydrogen-bond donors (Lipinski definition) is 0. The molecule has 2 aliphatic rings. The van der Waals surface area contributed by atoms with Crippen molar-refractivity contribution in [3.8, 4) is 0 Å². The van der Waals surface area contributed by atoms with Crippen molar-refractivity contribution >= 4 is 17.0 Å². The summed E-state index contributed by atoms with van der Waals surface area (Å²) in [4.78, 5) is 0. The van der Waals surface area contributed by atoms with Crippen molar-refractivity contribution < 1.29 is 9.15 Å². The summed E-state index contributed by atoms with van der Waals surface area (Å²) in [5, 5.41) is 1.14. The molecule has 4 rings (SSSR count). The zero-order valence-electron chi connectivity index (χ0n) is 8.01. The Hall–Kier alpha value is -1.67. The van der Waals surface area contributed by atoms with Crippen LogP contribution in [-0.4, -0.2) is 6.10 Å². The summed E-state index contributed by atoms with van der Waals surface area (Å²) in [6.07, 6.45) is 4.59. The van der Waals surface area contributed by atoms with Gasteiger partial charge in [-0.15, -0.1) is 0 Å². The number of rotatable bonds is 0. The molecule has 15 heavy (non-hydrogen) atoms. The molecule has 2 nitrogen and oxygen atoms in total. The summed E-state index contributed by atoms with van der Waals surface area (Å²) >= 11 is 0. The fourth-order valence-electron chi connectivity index (χ4n) is 2.16. The Labute approximate surface area is 86.8 Å². The molecule has 1 aromatic heterocycles. The lowest BCUT2D eigenvalue weighted by Crippen LogP contribution is -1.94. The largest absolute Gasteiger partial charge is 0.360 e. The summed E-state index contributed by atoms with van der Waals surface area (Å²) in [5.41, 5.74) is 2.11. The Balaban J connectivity index is 2.07. The smallest absolute Gasteiger partial charge is 0.360 e. The minimum Gasteiger partial charge on any atom is -0.360 e. The quantitative estimate of drug-likeness (QED) is 0.478. The number of para-hydroxylation sites is 1. The van der Waals surface area contributed by atoms with Crippen LogP contribution in [0.25, 0.3) is 17.0 Å². The topological polar surface area (TPSA) is 23.8 Å². The molecule has 0 N–H and O–H groups in total. The highest BCUT2D eigenvalue weighted by atomic mass is 16.6. The van der Waals surface area contributed by atoms with Crippen LogP contribution in [0.15, 0.2) is 40.8 Å². The number of ether oxygens (including phenoxy) is 1. The Morgan fingerprint density at radius 1 is 1.20 bits per heavy atom. The van der Waals surface area contributed by atoms with Gasteiger partial charge in [0.2, 0.25) is 0 Å². The zero-order chi connectivity index (χ0) is 9.83. The second-order valence-corrected chi connectivity index (χ2v) is 3.98. The minimum absolute atomic E-state index is 0.235. The van der Waals surface area contributed by atoms with Gasteiger partial charge in [-0.05, 0) is 18.2 Å². The van der Waals surface area contributed by atoms with E-state index in [1.54, 1.807) is 0 Å². The van der Waals surface area contributed by atoms with Crippen molar-refractivity contribution in [2.45, 2.75) is 12.2 Å². The Bertz CT molecular complexity index is 586. The van der Waals surface area contributed by atoms with Crippen LogP contribution < -0.4 is 0 Å². The fourth-order valence-corrected chi connectivity index (χ4v) is 2.16. The Kier molecular flexibility index (Phi) is 1.25. The van der Waals surface area contributed by atoms with Gasteiger partial charge in [0.25, 0.3) is 0 Å². The van der Waals surface area contributed by atoms with E-state index < -0.39 is 0 Å². The minimum atomic E-state index is 0.235. The van der Waals surface area contributed by atoms with Crippen LogP contribution in [0.3, 0.4) is 0 Å². The average molecular weight is 197 g/mol. The predicted molar refractivity (Wildman–Crippen MR) is 57.3 cm³/mol. The highest BCUT2D eigenvalue weighted by Gasteiger charge is 2.45. The van der Waals surface area contributed by atoms with Crippen molar-refractivity contribution in [1.82, 2.24) is 0 Å². The molecule has 2 aromatic rings. The van der Waals surface area contributed by atoms with E-state index in [-0.39, 0.29) is 12.2 Å². The summed E-state index contributed by atoms with van der Waals surface area (Å²) in [7, 11) is 0. The maximum Gasteiger partial charge on any atom is 0.360 e. The van der Waals surface area contributed by atoms with Crippen LogP contribution in [0.2, 0.25) is 0 Å². The Morgan fingerprint density at radius 2 is 2.13 bits per heavy atom. The third-order valence-corrected chi connectivity index (χ3v) is 3.00. The van der Waals surface area contributed by atoms with Gasteiger partial charge < -0.3 is 4.74 Å². The molecule has 72 valence electrons. The van der Waals surface area contributed by atoms with Crippen molar-refractivity contribution in [1.29, 1.82) is 0 Å². The first-order valence-electron chi connectivity index (χ1n) is 5.11. The number of hydrogen-bond acceptors (Lipinski definition) is 1. The third kappa shape index (κ3) is 0.997. The normalized spacial score (nSPS) is 26.1. The van der Waals surface area contributed by atoms with Crippen molar-refractivity contribution in [2.75, 3.05) is 0 Å². The molecule has 1 fully saturated rings. The first-order chi connectivity index (χ1) is 7.42. The standard InChI is InChI=1S/C13H9O2/c1-2-4-10-8(3-1)7-9-11(14-10)5-6-12-13(9)15-12/h1-7,12-13H/q+1. The molecule has 0 bridgehead atoms. The highest BCUT2D eigenvalue weighted by molar-refractivity contribution is 5.79. The molecule has 0 saturated carbocycles. The molecule has 2 unspecified atom stereocenters. The van der Waals surface area contributed by atoms with Gasteiger partial charge in [0.15, 0.2) is 0 Å². The van der Waals surface area contributed by atoms with Gasteiger partial charge >= 0.3 is 11.3 Å². The molecule has 1 aromatic carbocycles. The molecule has 2 atom stereocenters. The maximum absolute atomic E-state index is 5.81. The second-order valence-electron chi connectivity index (χ2n) is 3.98. The SMILES string of the molecule is C1=CC2OC2c2cc3ccccc3[o+]c21. The number of fused-ring (bicyclic) bond motifs is 4. The summed E-state index contributed by atoms with van der Waals surface area (Å²) < 4.78 is 11.3. The summed E-state index contributed by atoms with van der Waals surface area (Å²) in [6, 6.07) is 10.2. The van der Waals surface area contributed by atoms with Gasteiger partial charge in [-0.2, -0.15) is 0 Å². The van der Waals surface area contributed by atoms with E-state index in [2.05, 4.69) is 18.2 Å². The van der Waals surface area contributed by atoms with Crippen LogP contribution >= 0.6 is 0 Å². The van der Waals surface area contributed by atoms with Crippen LogP contribution in [0, 0.1) is 0 Å². The molecule has 1 aliphatic heterocycles. The molecular weight excluding hydrogens is 188 g/mol. The van der Waals surface area contributed by atoms with E-state index in [0.717, 1.165) is 16.7 Å². The van der Waals surface area contributed by atoms with E-state index >= 15 is 0 Å². The van der Waals surface area contributed by atoms with Crippen molar-refractivity contribution in [3.63, 3.8) is 0 Å². The van der Waals surface area contributed by atoms with E-state index in [9.17, 15) is 0 Å². The fraction of sp³-hybridized carbons (Fsp3) is 0.154. The molecule has 0 spiro atoms. The van der Waals surface area contributed by atoms with Crippen LogP contribution in [0.1, 0.15) is 17.4 Å². The molecule has 2 heterocycles. The lowest BCUT2D eigenvalue weighted by atomic mass is 10.0. The van der Waals surface area contributed by atoms with Crippen LogP contribution in [0.5, 0.6) is 0 Å². The molecule has 2 heteroatoms. The molecular formula is C13H9O2+. The van der Waals surface area contributed by atoms with Gasteiger partial charge in [0, 0.05) is 12.1 Å². The van der Waals surface area contributed by atoms with Gasteiger partial charge in [-0.3, -0.25) is 0 Å². The second kappa shape index (κ2) is 2.47. The van der Waals surface area contributed by atoms with Crippen molar-refractivity contribution in [2.24, 2.45) is 0 Å². The van der Waals surface area contributed by atoms with Gasteiger partial charge in [-0.1, -0.05) is 12.1 Å². The lowest BCUT2D eigenvalue weighted by Gasteiger charge is -1.97. The number of benzene rings is 1. The molecule has 1 aliphatic carbocycles. The van der Waals surface area contributed by atoms with E-state index in [4.69, 9.17) is 9.15 Å². The molecule has 1 saturated heterocycles. The predicted octanol–water partition coefficient (Wildman–Crippen LogP) is 3.18. The Morgan fingerprint density at radius 3 is 3.13 bits per heavy atom. The monoisotopic (exact) mass is 197 g/mol. The molecule has 0 amide bonds. The highest BCUT2D eigenvalue weighted by Crippen LogP contribution is 2.45. The van der Waals surface area contributed by atoms with E-state index in [1.165, 1.54) is 5.56 Å². The maximum atomic E-state index is 5.81. The number of epoxide rings is 1. The first-order valence-corrected chi connectivity index (χ1v) is 5.11. The molecule has 0 radical (unpaired) electrons. The van der Waals surface area contributed by atoms with Crippen LogP contribution in [-0.2, 0) is 4.74 Å². The van der Waals surface area contributed by atoms with Gasteiger partial charge in [0.1, 0.15) is 12.2 Å². The zero-order valence-corrected chi connectivity index (χ0v) is 8.01. The first kappa shape index (κ1) is 7.60. The van der Waals surface area contributed by atoms with E-state index in [0.29, 0.717) is 0 Å².